The third-order valence-corrected chi connectivity index (χ3v) is 4.61. The van der Waals surface area contributed by atoms with E-state index in [-0.39, 0.29) is 5.41 Å². The van der Waals surface area contributed by atoms with Crippen molar-refractivity contribution in [3.8, 4) is 10.7 Å². The van der Waals surface area contributed by atoms with E-state index in [0.717, 1.165) is 27.9 Å². The van der Waals surface area contributed by atoms with Gasteiger partial charge in [0.05, 0.1) is 15.6 Å². The van der Waals surface area contributed by atoms with E-state index in [9.17, 15) is 0 Å². The van der Waals surface area contributed by atoms with Crippen LogP contribution in [0.4, 0.5) is 0 Å². The van der Waals surface area contributed by atoms with Crippen molar-refractivity contribution in [3.63, 3.8) is 0 Å². The molecule has 0 amide bonds. The van der Waals surface area contributed by atoms with Gasteiger partial charge in [0.15, 0.2) is 10.6 Å². The van der Waals surface area contributed by atoms with Gasteiger partial charge < -0.3 is 0 Å². The predicted molar refractivity (Wildman–Crippen MR) is 77.6 cm³/mol. The molecule has 2 rings (SSSR count). The summed E-state index contributed by atoms with van der Waals surface area (Å²) in [6.07, 6.45) is 0. The molecule has 0 spiro atoms. The fraction of sp³-hybridized carbons (Fsp3) is 0.583. The summed E-state index contributed by atoms with van der Waals surface area (Å²) in [5.41, 5.74) is 1.09. The Bertz CT molecular complexity index is 613. The highest BCUT2D eigenvalue weighted by molar-refractivity contribution is 7.71. The number of hydrogen-bond acceptors (Lipinski definition) is 4. The van der Waals surface area contributed by atoms with Crippen molar-refractivity contribution in [1.82, 2.24) is 19.7 Å². The molecule has 0 saturated carbocycles. The fourth-order valence-corrected chi connectivity index (χ4v) is 3.09. The van der Waals surface area contributed by atoms with Crippen LogP contribution >= 0.6 is 23.6 Å². The molecule has 0 aromatic carbocycles. The maximum Gasteiger partial charge on any atom is 0.195 e. The second kappa shape index (κ2) is 4.59. The van der Waals surface area contributed by atoms with Crippen molar-refractivity contribution in [2.45, 2.75) is 46.6 Å². The van der Waals surface area contributed by atoms with Gasteiger partial charge in [0.1, 0.15) is 0 Å². The van der Waals surface area contributed by atoms with Crippen molar-refractivity contribution >= 4 is 23.6 Å². The van der Waals surface area contributed by atoms with Gasteiger partial charge in [0, 0.05) is 12.0 Å². The highest BCUT2D eigenvalue weighted by atomic mass is 32.1. The number of nitrogens with one attached hydrogen (secondary N) is 1. The molecule has 2 heterocycles. The Balaban J connectivity index is 2.58. The third kappa shape index (κ3) is 2.27. The number of hydrogen-bond donors (Lipinski definition) is 1. The summed E-state index contributed by atoms with van der Waals surface area (Å²) >= 11 is 6.93. The average molecular weight is 282 g/mol. The van der Waals surface area contributed by atoms with Crippen molar-refractivity contribution in [2.75, 3.05) is 0 Å². The lowest BCUT2D eigenvalue weighted by Crippen LogP contribution is -2.10. The Kier molecular flexibility index (Phi) is 3.42. The highest BCUT2D eigenvalue weighted by Crippen LogP contribution is 2.34. The van der Waals surface area contributed by atoms with E-state index in [1.165, 1.54) is 0 Å². The summed E-state index contributed by atoms with van der Waals surface area (Å²) in [6.45, 7) is 11.4. The van der Waals surface area contributed by atoms with Crippen LogP contribution in [0, 0.1) is 11.7 Å². The van der Waals surface area contributed by atoms with Crippen LogP contribution in [0.15, 0.2) is 0 Å². The SMILES string of the molecule is CCn1c(-c2sc(C(C)(C)C)nc2C)n[nH]c1=S. The van der Waals surface area contributed by atoms with Gasteiger partial charge in [-0.2, -0.15) is 5.10 Å². The maximum absolute atomic E-state index is 5.22. The molecule has 0 aliphatic carbocycles. The van der Waals surface area contributed by atoms with E-state index in [1.807, 2.05) is 11.5 Å². The number of nitrogens with zero attached hydrogens (tertiary/aromatic N) is 3. The Morgan fingerprint density at radius 2 is 2.06 bits per heavy atom. The molecule has 0 radical (unpaired) electrons. The molecule has 0 aliphatic rings. The van der Waals surface area contributed by atoms with Gasteiger partial charge in [0.2, 0.25) is 0 Å². The van der Waals surface area contributed by atoms with Crippen LogP contribution in [0.3, 0.4) is 0 Å². The molecule has 0 bridgehead atoms. The molecule has 18 heavy (non-hydrogen) atoms. The van der Waals surface area contributed by atoms with Crippen LogP contribution in [-0.2, 0) is 12.0 Å². The van der Waals surface area contributed by atoms with E-state index in [1.54, 1.807) is 11.3 Å². The van der Waals surface area contributed by atoms with E-state index in [0.29, 0.717) is 4.77 Å². The standard InChI is InChI=1S/C12H18N4S2/c1-6-16-9(14-15-11(16)17)8-7(2)13-10(18-8)12(3,4)5/h6H2,1-5H3,(H,15,17). The smallest absolute Gasteiger partial charge is 0.195 e. The molecule has 0 atom stereocenters. The third-order valence-electron chi connectivity index (χ3n) is 2.72. The van der Waals surface area contributed by atoms with Crippen molar-refractivity contribution in [1.29, 1.82) is 0 Å². The highest BCUT2D eigenvalue weighted by Gasteiger charge is 2.22. The number of H-pyrrole nitrogens is 1. The molecule has 2 aromatic rings. The number of aryl methyl sites for hydroxylation is 1. The molecule has 0 saturated heterocycles. The summed E-state index contributed by atoms with van der Waals surface area (Å²) in [4.78, 5) is 5.77. The second-order valence-electron chi connectivity index (χ2n) is 5.28. The van der Waals surface area contributed by atoms with Crippen LogP contribution in [-0.4, -0.2) is 19.7 Å². The van der Waals surface area contributed by atoms with Crippen LogP contribution < -0.4 is 0 Å². The molecule has 2 aromatic heterocycles. The molecule has 0 unspecified atom stereocenters. The second-order valence-corrected chi connectivity index (χ2v) is 6.67. The topological polar surface area (TPSA) is 46.5 Å². The Morgan fingerprint density at radius 3 is 2.56 bits per heavy atom. The lowest BCUT2D eigenvalue weighted by molar-refractivity contribution is 0.584. The minimum atomic E-state index is 0.0673. The van der Waals surface area contributed by atoms with Crippen molar-refractivity contribution in [3.05, 3.63) is 15.5 Å². The zero-order valence-corrected chi connectivity index (χ0v) is 13.0. The first-order valence-electron chi connectivity index (χ1n) is 5.98. The van der Waals surface area contributed by atoms with E-state index in [2.05, 4.69) is 42.9 Å². The normalized spacial score (nSPS) is 12.1. The lowest BCUT2D eigenvalue weighted by Gasteiger charge is -2.13. The van der Waals surface area contributed by atoms with E-state index < -0.39 is 0 Å². The number of aromatic nitrogens is 4. The zero-order valence-electron chi connectivity index (χ0n) is 11.4. The maximum atomic E-state index is 5.22. The Hall–Kier alpha value is -1.01. The molecule has 0 fully saturated rings. The van der Waals surface area contributed by atoms with Crippen molar-refractivity contribution in [2.24, 2.45) is 0 Å². The summed E-state index contributed by atoms with van der Waals surface area (Å²) < 4.78 is 2.67. The van der Waals surface area contributed by atoms with Gasteiger partial charge in [-0.1, -0.05) is 20.8 Å². The summed E-state index contributed by atoms with van der Waals surface area (Å²) in [7, 11) is 0. The lowest BCUT2D eigenvalue weighted by atomic mass is 9.98. The quantitative estimate of drug-likeness (QED) is 0.855. The monoisotopic (exact) mass is 282 g/mol. The zero-order chi connectivity index (χ0) is 13.5. The molecule has 6 heteroatoms. The van der Waals surface area contributed by atoms with Gasteiger partial charge in [-0.3, -0.25) is 9.67 Å². The molecule has 0 aliphatic heterocycles. The molecule has 1 N–H and O–H groups in total. The predicted octanol–water partition coefficient (Wildman–Crippen LogP) is 3.69. The van der Waals surface area contributed by atoms with Gasteiger partial charge in [-0.15, -0.1) is 11.3 Å². The molecule has 4 nitrogen and oxygen atoms in total. The number of rotatable bonds is 2. The minimum Gasteiger partial charge on any atom is -0.300 e. The summed E-state index contributed by atoms with van der Waals surface area (Å²) in [6, 6.07) is 0. The summed E-state index contributed by atoms with van der Waals surface area (Å²) in [5, 5.41) is 8.32. The van der Waals surface area contributed by atoms with Crippen LogP contribution in [0.25, 0.3) is 10.7 Å². The van der Waals surface area contributed by atoms with Gasteiger partial charge in [0.25, 0.3) is 0 Å². The largest absolute Gasteiger partial charge is 0.300 e. The van der Waals surface area contributed by atoms with Gasteiger partial charge in [-0.25, -0.2) is 4.98 Å². The number of thiazole rings is 1. The first-order valence-corrected chi connectivity index (χ1v) is 7.20. The first-order chi connectivity index (χ1) is 8.34. The van der Waals surface area contributed by atoms with E-state index >= 15 is 0 Å². The fourth-order valence-electron chi connectivity index (χ4n) is 1.71. The Labute approximate surface area is 116 Å². The van der Waals surface area contributed by atoms with Crippen LogP contribution in [0.2, 0.25) is 0 Å². The van der Waals surface area contributed by atoms with Crippen molar-refractivity contribution < 1.29 is 0 Å². The van der Waals surface area contributed by atoms with Gasteiger partial charge >= 0.3 is 0 Å². The molecular formula is C12H18N4S2. The average Bonchev–Trinajstić information content (AvgIpc) is 2.80. The van der Waals surface area contributed by atoms with Gasteiger partial charge in [-0.05, 0) is 26.1 Å². The first kappa shape index (κ1) is 13.4. The van der Waals surface area contributed by atoms with Crippen LogP contribution in [0.1, 0.15) is 38.4 Å². The van der Waals surface area contributed by atoms with E-state index in [4.69, 9.17) is 12.2 Å². The van der Waals surface area contributed by atoms with Crippen LogP contribution in [0.5, 0.6) is 0 Å². The Morgan fingerprint density at radius 1 is 1.39 bits per heavy atom. The number of aromatic amines is 1. The molecule has 98 valence electrons. The molecular weight excluding hydrogens is 264 g/mol. The summed E-state index contributed by atoms with van der Waals surface area (Å²) in [5.74, 6) is 0.896. The minimum absolute atomic E-state index is 0.0673.